The SMILES string of the molecule is CNC(C)c1cc(F)ccc1N(C)C1CCCN(C)C1. The number of nitrogens with zero attached hydrogens (tertiary/aromatic N) is 2. The molecule has 1 N–H and O–H groups in total. The number of benzene rings is 1. The van der Waals surface area contributed by atoms with Crippen molar-refractivity contribution in [1.82, 2.24) is 10.2 Å². The number of hydrogen-bond acceptors (Lipinski definition) is 3. The van der Waals surface area contributed by atoms with Crippen molar-refractivity contribution in [2.75, 3.05) is 39.1 Å². The molecule has 112 valence electrons. The third-order valence-electron chi connectivity index (χ3n) is 4.42. The summed E-state index contributed by atoms with van der Waals surface area (Å²) < 4.78 is 13.6. The Morgan fingerprint density at radius 3 is 2.85 bits per heavy atom. The zero-order valence-electron chi connectivity index (χ0n) is 13.0. The standard InChI is InChI=1S/C16H26FN3/c1-12(18-2)15-10-13(17)7-8-16(15)20(4)14-6-5-9-19(3)11-14/h7-8,10,12,14,18H,5-6,9,11H2,1-4H3. The monoisotopic (exact) mass is 279 g/mol. The van der Waals surface area contributed by atoms with Crippen LogP contribution in [0.15, 0.2) is 18.2 Å². The van der Waals surface area contributed by atoms with Crippen LogP contribution in [0.4, 0.5) is 10.1 Å². The van der Waals surface area contributed by atoms with Gasteiger partial charge in [-0.1, -0.05) is 0 Å². The van der Waals surface area contributed by atoms with Crippen LogP contribution in [0, 0.1) is 5.82 Å². The van der Waals surface area contributed by atoms with Crippen molar-refractivity contribution in [1.29, 1.82) is 0 Å². The number of rotatable bonds is 4. The molecule has 2 unspecified atom stereocenters. The van der Waals surface area contributed by atoms with Crippen LogP contribution in [0.3, 0.4) is 0 Å². The normalized spacial score (nSPS) is 21.8. The van der Waals surface area contributed by atoms with Gasteiger partial charge in [-0.05, 0) is 64.2 Å². The van der Waals surface area contributed by atoms with Crippen molar-refractivity contribution in [2.45, 2.75) is 31.8 Å². The van der Waals surface area contributed by atoms with Crippen molar-refractivity contribution < 1.29 is 4.39 Å². The summed E-state index contributed by atoms with van der Waals surface area (Å²) in [5.74, 6) is -0.167. The van der Waals surface area contributed by atoms with Crippen LogP contribution >= 0.6 is 0 Å². The summed E-state index contributed by atoms with van der Waals surface area (Å²) in [7, 11) is 6.21. The Kier molecular flexibility index (Phi) is 5.00. The first kappa shape index (κ1) is 15.3. The molecule has 1 fully saturated rings. The van der Waals surface area contributed by atoms with Crippen molar-refractivity contribution in [3.05, 3.63) is 29.6 Å². The molecule has 20 heavy (non-hydrogen) atoms. The molecule has 0 radical (unpaired) electrons. The van der Waals surface area contributed by atoms with E-state index in [1.807, 2.05) is 13.1 Å². The van der Waals surface area contributed by atoms with E-state index in [0.717, 1.165) is 17.8 Å². The second-order valence-electron chi connectivity index (χ2n) is 5.88. The maximum atomic E-state index is 13.6. The number of hydrogen-bond donors (Lipinski definition) is 1. The Bertz CT molecular complexity index is 449. The first-order valence-electron chi connectivity index (χ1n) is 7.41. The summed E-state index contributed by atoms with van der Waals surface area (Å²) in [6.07, 6.45) is 2.43. The fraction of sp³-hybridized carbons (Fsp3) is 0.625. The average molecular weight is 279 g/mol. The van der Waals surface area contributed by atoms with Gasteiger partial charge < -0.3 is 15.1 Å². The van der Waals surface area contributed by atoms with E-state index in [1.165, 1.54) is 19.4 Å². The van der Waals surface area contributed by atoms with Gasteiger partial charge in [-0.2, -0.15) is 0 Å². The lowest BCUT2D eigenvalue weighted by Crippen LogP contribution is -2.45. The molecule has 0 amide bonds. The number of nitrogens with one attached hydrogen (secondary N) is 1. The second kappa shape index (κ2) is 6.55. The predicted molar refractivity (Wildman–Crippen MR) is 82.8 cm³/mol. The lowest BCUT2D eigenvalue weighted by atomic mass is 10.0. The Morgan fingerprint density at radius 2 is 2.20 bits per heavy atom. The molecule has 2 rings (SSSR count). The Balaban J connectivity index is 2.26. The zero-order chi connectivity index (χ0) is 14.7. The summed E-state index contributed by atoms with van der Waals surface area (Å²) in [6, 6.07) is 5.77. The lowest BCUT2D eigenvalue weighted by Gasteiger charge is -2.38. The van der Waals surface area contributed by atoms with E-state index in [-0.39, 0.29) is 11.9 Å². The second-order valence-corrected chi connectivity index (χ2v) is 5.88. The molecule has 0 bridgehead atoms. The number of likely N-dealkylation sites (N-methyl/N-ethyl adjacent to an activating group) is 2. The smallest absolute Gasteiger partial charge is 0.123 e. The highest BCUT2D eigenvalue weighted by atomic mass is 19.1. The molecule has 1 aliphatic heterocycles. The first-order chi connectivity index (χ1) is 9.52. The van der Waals surface area contributed by atoms with Gasteiger partial charge in [-0.15, -0.1) is 0 Å². The van der Waals surface area contributed by atoms with Gasteiger partial charge in [0, 0.05) is 31.4 Å². The number of halogens is 1. The molecule has 3 nitrogen and oxygen atoms in total. The van der Waals surface area contributed by atoms with Gasteiger partial charge in [-0.3, -0.25) is 0 Å². The van der Waals surface area contributed by atoms with Crippen LogP contribution in [0.25, 0.3) is 0 Å². The minimum atomic E-state index is -0.167. The van der Waals surface area contributed by atoms with Gasteiger partial charge in [0.25, 0.3) is 0 Å². The van der Waals surface area contributed by atoms with Gasteiger partial charge in [-0.25, -0.2) is 4.39 Å². The van der Waals surface area contributed by atoms with Crippen LogP contribution in [0.5, 0.6) is 0 Å². The fourth-order valence-corrected chi connectivity index (χ4v) is 3.00. The van der Waals surface area contributed by atoms with Crippen LogP contribution in [-0.2, 0) is 0 Å². The van der Waals surface area contributed by atoms with Crippen molar-refractivity contribution in [3.63, 3.8) is 0 Å². The van der Waals surface area contributed by atoms with E-state index in [1.54, 1.807) is 12.1 Å². The number of anilines is 1. The van der Waals surface area contributed by atoms with Crippen molar-refractivity contribution in [3.8, 4) is 0 Å². The molecule has 1 aromatic rings. The van der Waals surface area contributed by atoms with Gasteiger partial charge in [0.15, 0.2) is 0 Å². The van der Waals surface area contributed by atoms with Crippen LogP contribution in [0.1, 0.15) is 31.4 Å². The maximum absolute atomic E-state index is 13.6. The summed E-state index contributed by atoms with van der Waals surface area (Å²) in [5, 5.41) is 3.21. The highest BCUT2D eigenvalue weighted by Gasteiger charge is 2.23. The minimum absolute atomic E-state index is 0.143. The largest absolute Gasteiger partial charge is 0.370 e. The average Bonchev–Trinajstić information content (AvgIpc) is 2.45. The van der Waals surface area contributed by atoms with Gasteiger partial charge in [0.1, 0.15) is 5.82 Å². The van der Waals surface area contributed by atoms with Gasteiger partial charge >= 0.3 is 0 Å². The molecule has 0 aromatic heterocycles. The molecule has 1 aliphatic rings. The van der Waals surface area contributed by atoms with Crippen LogP contribution in [-0.4, -0.2) is 45.2 Å². The molecule has 1 saturated heterocycles. The molecule has 0 spiro atoms. The Labute approximate surface area is 121 Å². The molecule has 1 heterocycles. The fourth-order valence-electron chi connectivity index (χ4n) is 3.00. The third kappa shape index (κ3) is 3.30. The Morgan fingerprint density at radius 1 is 1.45 bits per heavy atom. The van der Waals surface area contributed by atoms with Crippen molar-refractivity contribution in [2.24, 2.45) is 0 Å². The molecule has 4 heteroatoms. The number of likely N-dealkylation sites (tertiary alicyclic amines) is 1. The molecule has 2 atom stereocenters. The summed E-state index contributed by atoms with van der Waals surface area (Å²) in [5.41, 5.74) is 2.16. The number of piperidine rings is 1. The quantitative estimate of drug-likeness (QED) is 0.914. The van der Waals surface area contributed by atoms with E-state index >= 15 is 0 Å². The Hall–Kier alpha value is -1.13. The third-order valence-corrected chi connectivity index (χ3v) is 4.42. The molecule has 0 saturated carbocycles. The highest BCUT2D eigenvalue weighted by molar-refractivity contribution is 5.55. The lowest BCUT2D eigenvalue weighted by molar-refractivity contribution is 0.247. The molecule has 1 aromatic carbocycles. The van der Waals surface area contributed by atoms with Gasteiger partial charge in [0.05, 0.1) is 0 Å². The van der Waals surface area contributed by atoms with E-state index < -0.39 is 0 Å². The van der Waals surface area contributed by atoms with Crippen molar-refractivity contribution >= 4 is 5.69 Å². The van der Waals surface area contributed by atoms with Crippen LogP contribution in [0.2, 0.25) is 0 Å². The summed E-state index contributed by atoms with van der Waals surface area (Å²) in [4.78, 5) is 4.69. The topological polar surface area (TPSA) is 18.5 Å². The zero-order valence-corrected chi connectivity index (χ0v) is 13.0. The minimum Gasteiger partial charge on any atom is -0.370 e. The summed E-state index contributed by atoms with van der Waals surface area (Å²) in [6.45, 7) is 4.31. The first-order valence-corrected chi connectivity index (χ1v) is 7.41. The molecular formula is C16H26FN3. The van der Waals surface area contributed by atoms with E-state index in [2.05, 4.69) is 36.1 Å². The van der Waals surface area contributed by atoms with Crippen LogP contribution < -0.4 is 10.2 Å². The highest BCUT2D eigenvalue weighted by Crippen LogP contribution is 2.29. The maximum Gasteiger partial charge on any atom is 0.123 e. The molecular weight excluding hydrogens is 253 g/mol. The van der Waals surface area contributed by atoms with E-state index in [9.17, 15) is 4.39 Å². The summed E-state index contributed by atoms with van der Waals surface area (Å²) >= 11 is 0. The van der Waals surface area contributed by atoms with E-state index in [0.29, 0.717) is 6.04 Å². The van der Waals surface area contributed by atoms with Gasteiger partial charge in [0.2, 0.25) is 0 Å². The molecule has 0 aliphatic carbocycles. The van der Waals surface area contributed by atoms with E-state index in [4.69, 9.17) is 0 Å². The predicted octanol–water partition coefficient (Wildman–Crippen LogP) is 2.64.